The lowest BCUT2D eigenvalue weighted by Crippen LogP contribution is -2.46. The van der Waals surface area contributed by atoms with E-state index in [9.17, 15) is 9.36 Å². The Morgan fingerprint density at radius 1 is 1.16 bits per heavy atom. The van der Waals surface area contributed by atoms with Crippen LogP contribution in [0.4, 0.5) is 0 Å². The number of allylic oxidation sites excluding steroid dienone is 2. The summed E-state index contributed by atoms with van der Waals surface area (Å²) in [7, 11) is 1.30. The Hall–Kier alpha value is -1.80. The van der Waals surface area contributed by atoms with Gasteiger partial charge in [0.2, 0.25) is 0 Å². The van der Waals surface area contributed by atoms with Crippen molar-refractivity contribution in [1.29, 1.82) is 0 Å². The van der Waals surface area contributed by atoms with Crippen LogP contribution in [-0.2, 0) is 32.8 Å². The molecular formula is C27H45N2O7P. The topological polar surface area (TPSA) is 95.6 Å². The molecule has 0 saturated carbocycles. The third-order valence-electron chi connectivity index (χ3n) is 7.00. The maximum Gasteiger partial charge on any atom is 0.323 e. The van der Waals surface area contributed by atoms with Gasteiger partial charge in [-0.15, -0.1) is 0 Å². The van der Waals surface area contributed by atoms with Crippen molar-refractivity contribution >= 4 is 13.5 Å². The fourth-order valence-corrected chi connectivity index (χ4v) is 7.38. The number of hydrogen-bond acceptors (Lipinski definition) is 8. The van der Waals surface area contributed by atoms with Crippen LogP contribution in [0.1, 0.15) is 60.3 Å². The molecule has 37 heavy (non-hydrogen) atoms. The molecule has 3 aliphatic rings. The lowest BCUT2D eigenvalue weighted by atomic mass is 9.80. The second kappa shape index (κ2) is 12.8. The molecule has 1 aliphatic carbocycles. The Kier molecular flexibility index (Phi) is 10.3. The van der Waals surface area contributed by atoms with Crippen molar-refractivity contribution in [2.75, 3.05) is 40.8 Å². The predicted molar refractivity (Wildman–Crippen MR) is 143 cm³/mol. The third-order valence-corrected chi connectivity index (χ3v) is 8.99. The number of methoxy groups -OCH3 is 3. The first-order valence-corrected chi connectivity index (χ1v) is 15.0. The molecule has 0 aromatic heterocycles. The van der Waals surface area contributed by atoms with Crippen LogP contribution >= 0.6 is 7.52 Å². The van der Waals surface area contributed by atoms with Gasteiger partial charge in [0.1, 0.15) is 18.1 Å². The van der Waals surface area contributed by atoms with Gasteiger partial charge in [0.05, 0.1) is 26.4 Å². The van der Waals surface area contributed by atoms with Crippen LogP contribution in [-0.4, -0.2) is 69.9 Å². The van der Waals surface area contributed by atoms with Crippen molar-refractivity contribution in [1.82, 2.24) is 9.99 Å². The van der Waals surface area contributed by atoms with Crippen LogP contribution in [0.5, 0.6) is 0 Å². The zero-order valence-electron chi connectivity index (χ0n) is 23.7. The highest BCUT2D eigenvalue weighted by molar-refractivity contribution is 7.56. The zero-order valence-corrected chi connectivity index (χ0v) is 24.6. The maximum atomic E-state index is 14.0. The molecule has 0 aromatic rings. The molecule has 0 bridgehead atoms. The van der Waals surface area contributed by atoms with Crippen LogP contribution in [0.3, 0.4) is 0 Å². The molecule has 2 heterocycles. The van der Waals surface area contributed by atoms with Crippen LogP contribution in [0.15, 0.2) is 34.4 Å². The van der Waals surface area contributed by atoms with Crippen LogP contribution in [0.25, 0.3) is 0 Å². The van der Waals surface area contributed by atoms with E-state index in [1.54, 1.807) is 35.0 Å². The summed E-state index contributed by atoms with van der Waals surface area (Å²) in [6.07, 6.45) is 4.57. The van der Waals surface area contributed by atoms with Crippen LogP contribution < -0.4 is 5.09 Å². The smallest absolute Gasteiger partial charge is 0.323 e. The van der Waals surface area contributed by atoms with E-state index in [1.165, 1.54) is 24.0 Å². The second-order valence-electron chi connectivity index (χ2n) is 10.8. The van der Waals surface area contributed by atoms with E-state index < -0.39 is 19.5 Å². The minimum Gasteiger partial charge on any atom is -0.497 e. The number of piperidine rings is 1. The van der Waals surface area contributed by atoms with E-state index in [-0.39, 0.29) is 24.5 Å². The third kappa shape index (κ3) is 7.41. The molecule has 1 unspecified atom stereocenters. The Bertz CT molecular complexity index is 972. The van der Waals surface area contributed by atoms with E-state index in [0.717, 1.165) is 37.4 Å². The maximum absolute atomic E-state index is 14.0. The summed E-state index contributed by atoms with van der Waals surface area (Å²) in [6, 6.07) is -0.793. The molecule has 0 radical (unpaired) electrons. The normalized spacial score (nSPS) is 24.4. The molecule has 1 fully saturated rings. The van der Waals surface area contributed by atoms with Gasteiger partial charge in [-0.05, 0) is 56.8 Å². The van der Waals surface area contributed by atoms with Gasteiger partial charge in [-0.1, -0.05) is 13.8 Å². The summed E-state index contributed by atoms with van der Waals surface area (Å²) in [5, 5.41) is 2.93. The fraction of sp³-hybridized carbons (Fsp3) is 0.741. The molecule has 1 N–H and O–H groups in total. The Morgan fingerprint density at radius 3 is 2.49 bits per heavy atom. The molecule has 0 aromatic carbocycles. The monoisotopic (exact) mass is 540 g/mol. The highest BCUT2D eigenvalue weighted by Crippen LogP contribution is 2.50. The second-order valence-corrected chi connectivity index (χ2v) is 12.9. The number of esters is 1. The van der Waals surface area contributed by atoms with Gasteiger partial charge >= 0.3 is 5.97 Å². The molecule has 9 nitrogen and oxygen atoms in total. The lowest BCUT2D eigenvalue weighted by molar-refractivity contribution is -0.149. The molecule has 0 amide bonds. The molecule has 3 rings (SSSR count). The van der Waals surface area contributed by atoms with Crippen molar-refractivity contribution in [2.24, 2.45) is 11.8 Å². The van der Waals surface area contributed by atoms with Crippen molar-refractivity contribution in [2.45, 2.75) is 78.6 Å². The van der Waals surface area contributed by atoms with Gasteiger partial charge in [0, 0.05) is 44.7 Å². The van der Waals surface area contributed by atoms with Gasteiger partial charge in [0.25, 0.3) is 7.52 Å². The van der Waals surface area contributed by atoms with Crippen molar-refractivity contribution in [3.05, 3.63) is 34.4 Å². The highest BCUT2D eigenvalue weighted by Gasteiger charge is 2.42. The first kappa shape index (κ1) is 29.8. The minimum atomic E-state index is -3.52. The van der Waals surface area contributed by atoms with Crippen LogP contribution in [0, 0.1) is 11.8 Å². The summed E-state index contributed by atoms with van der Waals surface area (Å²) >= 11 is 0. The number of ether oxygens (including phenoxy) is 4. The molecule has 4 atom stereocenters. The lowest BCUT2D eigenvalue weighted by Gasteiger charge is -2.46. The average Bonchev–Trinajstić information content (AvgIpc) is 2.82. The number of carbonyl (C=O) groups is 1. The SMILES string of the molecule is COCP(=O)(N[C@@H](C)C(=O)OC(C)C)O[C@@H]1CC2=C3CC(OC)=C(OC)C=C3CCN2C[C@H]1CC(C)C. The summed E-state index contributed by atoms with van der Waals surface area (Å²) < 4.78 is 42.2. The van der Waals surface area contributed by atoms with E-state index in [2.05, 4.69) is 29.9 Å². The fourth-order valence-electron chi connectivity index (χ4n) is 5.46. The zero-order chi connectivity index (χ0) is 27.3. The van der Waals surface area contributed by atoms with Gasteiger partial charge in [-0.3, -0.25) is 9.36 Å². The predicted octanol–water partition coefficient (Wildman–Crippen LogP) is 4.96. The molecule has 0 spiro atoms. The van der Waals surface area contributed by atoms with Crippen molar-refractivity contribution in [3.8, 4) is 0 Å². The van der Waals surface area contributed by atoms with E-state index in [0.29, 0.717) is 18.8 Å². The van der Waals surface area contributed by atoms with Gasteiger partial charge < -0.3 is 28.4 Å². The van der Waals surface area contributed by atoms with Crippen molar-refractivity contribution < 1.29 is 32.8 Å². The highest BCUT2D eigenvalue weighted by atomic mass is 31.2. The molecular weight excluding hydrogens is 495 g/mol. The number of fused-ring (bicyclic) bond motifs is 2. The molecule has 210 valence electrons. The minimum absolute atomic E-state index is 0.133. The van der Waals surface area contributed by atoms with Gasteiger partial charge in [0.15, 0.2) is 5.76 Å². The van der Waals surface area contributed by atoms with Crippen LogP contribution in [0.2, 0.25) is 0 Å². The summed E-state index contributed by atoms with van der Waals surface area (Å²) in [4.78, 5) is 14.9. The summed E-state index contributed by atoms with van der Waals surface area (Å²) in [5.41, 5.74) is 3.71. The first-order valence-electron chi connectivity index (χ1n) is 13.2. The van der Waals surface area contributed by atoms with E-state index in [1.807, 2.05) is 0 Å². The quantitative estimate of drug-likeness (QED) is 0.272. The summed E-state index contributed by atoms with van der Waals surface area (Å²) in [5.74, 6) is 1.76. The van der Waals surface area contributed by atoms with E-state index >= 15 is 0 Å². The molecule has 1 saturated heterocycles. The number of rotatable bonds is 12. The Labute approximate surface area is 222 Å². The summed E-state index contributed by atoms with van der Waals surface area (Å²) in [6.45, 7) is 11.4. The molecule has 10 heteroatoms. The Balaban J connectivity index is 1.90. The first-order chi connectivity index (χ1) is 17.5. The standard InChI is InChI=1S/C27H45N2O7P/c1-17(2)11-21-15-29-10-9-20-12-25(33-7)26(34-8)13-22(20)23(29)14-24(21)36-37(31,16-32-6)28-19(5)27(30)35-18(3)4/h12,17-19,21,24H,9-11,13-16H2,1-8H3,(H,28,31)/t19-,21+,24+,37?/m0/s1. The van der Waals surface area contributed by atoms with Gasteiger partial charge in [-0.2, -0.15) is 0 Å². The number of carbonyl (C=O) groups excluding carboxylic acids is 1. The Morgan fingerprint density at radius 2 is 1.89 bits per heavy atom. The number of hydrogen-bond donors (Lipinski definition) is 1. The molecule has 2 aliphatic heterocycles. The van der Waals surface area contributed by atoms with Crippen molar-refractivity contribution in [3.63, 3.8) is 0 Å². The number of nitrogens with zero attached hydrogens (tertiary/aromatic N) is 1. The number of nitrogens with one attached hydrogen (secondary N) is 1. The average molecular weight is 541 g/mol. The largest absolute Gasteiger partial charge is 0.497 e. The van der Waals surface area contributed by atoms with Gasteiger partial charge in [-0.25, -0.2) is 5.09 Å². The van der Waals surface area contributed by atoms with E-state index in [4.69, 9.17) is 23.5 Å².